The molecule has 0 saturated carbocycles. The van der Waals surface area contributed by atoms with Crippen molar-refractivity contribution in [1.82, 2.24) is 0 Å². The lowest BCUT2D eigenvalue weighted by Gasteiger charge is -2.25. The number of rotatable bonds is 3. The van der Waals surface area contributed by atoms with E-state index in [1.165, 1.54) is 22.2 Å². The third-order valence-electron chi connectivity index (χ3n) is 5.42. The monoisotopic (exact) mass is 405 g/mol. The van der Waals surface area contributed by atoms with Crippen LogP contribution in [0.15, 0.2) is 60.0 Å². The maximum Gasteiger partial charge on any atom is 0.506 e. The summed E-state index contributed by atoms with van der Waals surface area (Å²) in [6.45, 7) is 8.91. The van der Waals surface area contributed by atoms with Crippen LogP contribution in [-0.4, -0.2) is 27.5 Å². The first-order valence-electron chi connectivity index (χ1n) is 9.77. The molecule has 2 aromatic rings. The van der Waals surface area contributed by atoms with Gasteiger partial charge in [-0.25, -0.2) is 4.79 Å². The Morgan fingerprint density at radius 1 is 1.03 bits per heavy atom. The Labute approximate surface area is 175 Å². The maximum absolute atomic E-state index is 13.4. The first-order chi connectivity index (χ1) is 13.8. The van der Waals surface area contributed by atoms with E-state index < -0.39 is 0 Å². The number of hydrogen-bond donors (Lipinski definition) is 0. The zero-order valence-electron chi connectivity index (χ0n) is 17.2. The number of amides is 3. The number of benzene rings is 2. The fourth-order valence-electron chi connectivity index (χ4n) is 3.69. The van der Waals surface area contributed by atoms with Crippen LogP contribution in [0, 0.1) is 6.92 Å². The van der Waals surface area contributed by atoms with Crippen LogP contribution in [0.25, 0.3) is 0 Å². The van der Waals surface area contributed by atoms with Gasteiger partial charge < -0.3 is 0 Å². The minimum atomic E-state index is -0.374. The molecular formula is C24H25N2O2S+. The van der Waals surface area contributed by atoms with Crippen LogP contribution < -0.4 is 4.90 Å². The van der Waals surface area contributed by atoms with Crippen molar-refractivity contribution in [3.05, 3.63) is 76.7 Å². The van der Waals surface area contributed by atoms with Crippen molar-refractivity contribution in [3.8, 4) is 0 Å². The Morgan fingerprint density at radius 2 is 1.72 bits per heavy atom. The van der Waals surface area contributed by atoms with E-state index in [0.717, 1.165) is 16.8 Å². The summed E-state index contributed by atoms with van der Waals surface area (Å²) in [7, 11) is 0. The fraction of sp³-hybridized carbons (Fsp3) is 0.292. The average molecular weight is 406 g/mol. The van der Waals surface area contributed by atoms with Crippen LogP contribution in [0.1, 0.15) is 37.5 Å². The molecule has 29 heavy (non-hydrogen) atoms. The summed E-state index contributed by atoms with van der Waals surface area (Å²) >= 11 is 1.46. The number of nitrogens with zero attached hydrogens (tertiary/aromatic N) is 2. The van der Waals surface area contributed by atoms with Gasteiger partial charge in [-0.05, 0) is 46.6 Å². The summed E-state index contributed by atoms with van der Waals surface area (Å²) in [5.41, 5.74) is 4.71. The second-order valence-electron chi connectivity index (χ2n) is 8.52. The quantitative estimate of drug-likeness (QED) is 0.672. The third kappa shape index (κ3) is 3.55. The fourth-order valence-corrected chi connectivity index (χ4v) is 4.63. The molecule has 2 aliphatic rings. The van der Waals surface area contributed by atoms with Crippen molar-refractivity contribution >= 4 is 35.1 Å². The lowest BCUT2D eigenvalue weighted by molar-refractivity contribution is -0.444. The molecule has 3 amide bonds. The molecule has 0 aromatic heterocycles. The number of para-hydroxylation sites is 1. The predicted molar refractivity (Wildman–Crippen MR) is 119 cm³/mol. The van der Waals surface area contributed by atoms with Gasteiger partial charge in [0, 0.05) is 0 Å². The summed E-state index contributed by atoms with van der Waals surface area (Å²) in [6, 6.07) is 15.6. The molecule has 0 fully saturated rings. The zero-order valence-corrected chi connectivity index (χ0v) is 18.0. The largest absolute Gasteiger partial charge is 0.506 e. The van der Waals surface area contributed by atoms with Crippen LogP contribution in [0.4, 0.5) is 10.5 Å². The molecule has 148 valence electrons. The van der Waals surface area contributed by atoms with Gasteiger partial charge >= 0.3 is 11.9 Å². The Bertz CT molecular complexity index is 1050. The number of allylic oxidation sites excluding steroid dienone is 1. The van der Waals surface area contributed by atoms with Gasteiger partial charge in [-0.1, -0.05) is 63.2 Å². The van der Waals surface area contributed by atoms with Crippen molar-refractivity contribution in [3.63, 3.8) is 0 Å². The smallest absolute Gasteiger partial charge is 0.244 e. The topological polar surface area (TPSA) is 40.4 Å². The van der Waals surface area contributed by atoms with Crippen LogP contribution in [-0.2, 0) is 16.8 Å². The number of imide groups is 1. The number of carbonyl (C=O) groups is 2. The van der Waals surface area contributed by atoms with Gasteiger partial charge in [0.1, 0.15) is 17.9 Å². The van der Waals surface area contributed by atoms with E-state index in [0.29, 0.717) is 12.2 Å². The van der Waals surface area contributed by atoms with Gasteiger partial charge in [-0.3, -0.25) is 0 Å². The molecule has 1 unspecified atom stereocenters. The van der Waals surface area contributed by atoms with Gasteiger partial charge in [0.25, 0.3) is 0 Å². The van der Waals surface area contributed by atoms with Gasteiger partial charge in [0.2, 0.25) is 0 Å². The molecule has 2 aromatic carbocycles. The van der Waals surface area contributed by atoms with Crippen molar-refractivity contribution in [2.75, 3.05) is 4.90 Å². The van der Waals surface area contributed by atoms with Crippen molar-refractivity contribution < 1.29 is 14.2 Å². The molecule has 5 heteroatoms. The molecule has 2 aliphatic heterocycles. The average Bonchev–Trinajstić information content (AvgIpc) is 3.16. The van der Waals surface area contributed by atoms with Crippen molar-refractivity contribution in [1.29, 1.82) is 0 Å². The van der Waals surface area contributed by atoms with Crippen molar-refractivity contribution in [2.45, 2.75) is 44.9 Å². The highest BCUT2D eigenvalue weighted by molar-refractivity contribution is 8.04. The van der Waals surface area contributed by atoms with E-state index in [4.69, 9.17) is 0 Å². The highest BCUT2D eigenvalue weighted by Gasteiger charge is 2.50. The molecule has 4 rings (SSSR count). The van der Waals surface area contributed by atoms with Crippen molar-refractivity contribution in [2.24, 2.45) is 0 Å². The molecular weight excluding hydrogens is 380 g/mol. The lowest BCUT2D eigenvalue weighted by atomic mass is 9.87. The predicted octanol–water partition coefficient (Wildman–Crippen LogP) is 5.04. The van der Waals surface area contributed by atoms with Crippen LogP contribution in [0.2, 0.25) is 0 Å². The molecule has 0 radical (unpaired) electrons. The minimum Gasteiger partial charge on any atom is -0.244 e. The summed E-state index contributed by atoms with van der Waals surface area (Å²) in [6.07, 6.45) is 1.89. The number of fused-ring (bicyclic) bond motifs is 1. The molecule has 0 aliphatic carbocycles. The Hall–Kier alpha value is -2.66. The number of thioether (sulfide) groups is 1. The highest BCUT2D eigenvalue weighted by atomic mass is 32.2. The first-order valence-corrected chi connectivity index (χ1v) is 10.7. The van der Waals surface area contributed by atoms with Crippen LogP contribution in [0.5, 0.6) is 0 Å². The molecule has 4 nitrogen and oxygen atoms in total. The molecule has 0 spiro atoms. The normalized spacial score (nSPS) is 19.2. The third-order valence-corrected chi connectivity index (χ3v) is 6.43. The summed E-state index contributed by atoms with van der Waals surface area (Å²) in [4.78, 5) is 27.9. The Balaban J connectivity index is 1.72. The zero-order chi connectivity index (χ0) is 20.8. The summed E-state index contributed by atoms with van der Waals surface area (Å²) in [5.74, 6) is -0.173. The molecule has 0 bridgehead atoms. The van der Waals surface area contributed by atoms with Gasteiger partial charge in [-0.15, -0.1) is 16.7 Å². The van der Waals surface area contributed by atoms with E-state index in [1.807, 2.05) is 42.7 Å². The number of carbonyl (C=O) groups excluding carboxylic acids is 2. The summed E-state index contributed by atoms with van der Waals surface area (Å²) < 4.78 is 1.74. The lowest BCUT2D eigenvalue weighted by Crippen LogP contribution is -2.55. The number of urea groups is 1. The molecule has 0 N–H and O–H groups in total. The van der Waals surface area contributed by atoms with Crippen LogP contribution in [0.3, 0.4) is 0 Å². The minimum absolute atomic E-state index is 0.0816. The number of aryl methyl sites for hydroxylation is 1. The van der Waals surface area contributed by atoms with E-state index in [2.05, 4.69) is 45.0 Å². The standard InChI is InChI=1S/C24H25N2O2S/c1-16-7-5-6-8-19(16)26-22(27)21-20(13-14-29-21)25(23(26)28)15-17-9-11-18(12-10-17)24(2,3)4/h5-14,21H,15H2,1-4H3/q+1. The van der Waals surface area contributed by atoms with E-state index >= 15 is 0 Å². The Morgan fingerprint density at radius 3 is 2.38 bits per heavy atom. The van der Waals surface area contributed by atoms with Gasteiger partial charge in [0.15, 0.2) is 5.25 Å². The Kier molecular flexibility index (Phi) is 4.95. The highest BCUT2D eigenvalue weighted by Crippen LogP contribution is 2.32. The number of anilines is 1. The molecule has 2 heterocycles. The summed E-state index contributed by atoms with van der Waals surface area (Å²) in [5, 5.41) is 1.53. The SMILES string of the molecule is Cc1ccccc1N1C(=O)C2SC=CC2=[N+](Cc2ccc(C(C)(C)C)cc2)C1=O. The second kappa shape index (κ2) is 7.30. The first kappa shape index (κ1) is 19.6. The molecule has 0 saturated heterocycles. The number of hydrogen-bond acceptors (Lipinski definition) is 3. The second-order valence-corrected chi connectivity index (χ2v) is 9.54. The van der Waals surface area contributed by atoms with E-state index in [9.17, 15) is 9.59 Å². The van der Waals surface area contributed by atoms with Gasteiger partial charge in [0.05, 0.1) is 0 Å². The van der Waals surface area contributed by atoms with Crippen LogP contribution >= 0.6 is 11.8 Å². The van der Waals surface area contributed by atoms with Gasteiger partial charge in [-0.2, -0.15) is 9.37 Å². The maximum atomic E-state index is 13.4. The van der Waals surface area contributed by atoms with E-state index in [1.54, 1.807) is 4.58 Å². The molecule has 1 atom stereocenters. The van der Waals surface area contributed by atoms with E-state index in [-0.39, 0.29) is 22.6 Å².